The Labute approximate surface area is 218 Å². The lowest BCUT2D eigenvalue weighted by atomic mass is 10.0. The molecule has 0 bridgehead atoms. The van der Waals surface area contributed by atoms with Crippen LogP contribution in [0.1, 0.15) is 28.7 Å². The summed E-state index contributed by atoms with van der Waals surface area (Å²) in [7, 11) is -3.59. The number of Topliss-reactive ketones (excluding diaryl/α,β-unsaturated/α-hetero) is 1. The third-order valence-electron chi connectivity index (χ3n) is 5.80. The average molecular weight is 517 g/mol. The van der Waals surface area contributed by atoms with Gasteiger partial charge in [0.25, 0.3) is 0 Å². The number of carbonyl (C=O) groups is 2. The number of nitrogens with two attached hydrogens (primary N) is 1. The number of hydrogen-bond donors (Lipinski definition) is 2. The molecule has 0 radical (unpaired) electrons. The molecular formula is C30H32N2O4S. The van der Waals surface area contributed by atoms with Crippen molar-refractivity contribution in [2.24, 2.45) is 11.7 Å². The summed E-state index contributed by atoms with van der Waals surface area (Å²) in [5, 5.41) is 2.63. The predicted octanol–water partition coefficient (Wildman–Crippen LogP) is 4.18. The van der Waals surface area contributed by atoms with Crippen molar-refractivity contribution >= 4 is 33.3 Å². The molecule has 0 saturated carbocycles. The summed E-state index contributed by atoms with van der Waals surface area (Å²) in [6.07, 6.45) is 4.09. The quantitative estimate of drug-likeness (QED) is 0.355. The number of rotatable bonds is 13. The number of nitrogens with one attached hydrogen (secondary N) is 1. The molecule has 192 valence electrons. The van der Waals surface area contributed by atoms with E-state index < -0.39 is 21.7 Å². The van der Waals surface area contributed by atoms with Crippen molar-refractivity contribution in [3.63, 3.8) is 0 Å². The van der Waals surface area contributed by atoms with E-state index in [0.717, 1.165) is 16.7 Å². The van der Waals surface area contributed by atoms with Gasteiger partial charge in [-0.05, 0) is 28.7 Å². The highest BCUT2D eigenvalue weighted by Gasteiger charge is 2.24. The standard InChI is InChI=1S/C30H32N2O4S/c1-23(31)27-16-12-25(13-17-27)15-19-29(33)20-32-30(34)28(18-14-24-8-4-2-5-9-24)22-37(35,36)21-26-10-6-3-7-11-26/h2-14,16-18,28H,1,15,19-22,31H2,(H,32,34)/b18-14+/t28-/m0/s1. The first-order chi connectivity index (χ1) is 17.7. The van der Waals surface area contributed by atoms with Gasteiger partial charge in [-0.3, -0.25) is 9.59 Å². The summed E-state index contributed by atoms with van der Waals surface area (Å²) < 4.78 is 25.8. The van der Waals surface area contributed by atoms with E-state index in [0.29, 0.717) is 17.7 Å². The van der Waals surface area contributed by atoms with E-state index in [1.165, 1.54) is 0 Å². The molecule has 0 spiro atoms. The maximum atomic E-state index is 13.0. The van der Waals surface area contributed by atoms with Crippen molar-refractivity contribution in [3.05, 3.63) is 120 Å². The fourth-order valence-corrected chi connectivity index (χ4v) is 5.37. The lowest BCUT2D eigenvalue weighted by Crippen LogP contribution is -2.37. The largest absolute Gasteiger partial charge is 0.399 e. The number of ketones is 1. The first-order valence-electron chi connectivity index (χ1n) is 12.0. The first-order valence-corrected chi connectivity index (χ1v) is 13.8. The Balaban J connectivity index is 1.61. The molecule has 37 heavy (non-hydrogen) atoms. The van der Waals surface area contributed by atoms with Gasteiger partial charge in [-0.1, -0.05) is 104 Å². The highest BCUT2D eigenvalue weighted by atomic mass is 32.2. The maximum Gasteiger partial charge on any atom is 0.228 e. The molecule has 0 unspecified atom stereocenters. The topological polar surface area (TPSA) is 106 Å². The summed E-state index contributed by atoms with van der Waals surface area (Å²) in [6, 6.07) is 25.7. The molecule has 0 aliphatic heterocycles. The molecule has 0 heterocycles. The zero-order valence-electron chi connectivity index (χ0n) is 20.7. The van der Waals surface area contributed by atoms with E-state index >= 15 is 0 Å². The van der Waals surface area contributed by atoms with Gasteiger partial charge in [-0.2, -0.15) is 0 Å². The number of carbonyl (C=O) groups excluding carboxylic acids is 2. The normalized spacial score (nSPS) is 12.2. The fraction of sp³-hybridized carbons (Fsp3) is 0.200. The van der Waals surface area contributed by atoms with E-state index in [-0.39, 0.29) is 30.3 Å². The maximum absolute atomic E-state index is 13.0. The summed E-state index contributed by atoms with van der Waals surface area (Å²) in [4.78, 5) is 25.4. The second-order valence-corrected chi connectivity index (χ2v) is 11.0. The van der Waals surface area contributed by atoms with Crippen molar-refractivity contribution in [1.82, 2.24) is 5.32 Å². The van der Waals surface area contributed by atoms with Gasteiger partial charge in [-0.15, -0.1) is 0 Å². The van der Waals surface area contributed by atoms with Crippen LogP contribution in [0.5, 0.6) is 0 Å². The number of benzene rings is 3. The van der Waals surface area contributed by atoms with Crippen molar-refractivity contribution in [2.75, 3.05) is 12.3 Å². The van der Waals surface area contributed by atoms with E-state index in [1.807, 2.05) is 60.7 Å². The molecule has 0 fully saturated rings. The molecule has 3 N–H and O–H groups in total. The Bertz CT molecular complexity index is 1330. The minimum atomic E-state index is -3.59. The van der Waals surface area contributed by atoms with Crippen LogP contribution in [-0.4, -0.2) is 32.4 Å². The van der Waals surface area contributed by atoms with Gasteiger partial charge >= 0.3 is 0 Å². The van der Waals surface area contributed by atoms with Crippen LogP contribution in [-0.2, 0) is 31.6 Å². The number of amides is 1. The van der Waals surface area contributed by atoms with Gasteiger partial charge in [-0.25, -0.2) is 8.42 Å². The number of aryl methyl sites for hydroxylation is 1. The highest BCUT2D eigenvalue weighted by molar-refractivity contribution is 7.90. The number of sulfone groups is 1. The Morgan fingerprint density at radius 3 is 2.14 bits per heavy atom. The van der Waals surface area contributed by atoms with Crippen molar-refractivity contribution in [2.45, 2.75) is 18.6 Å². The molecule has 0 aliphatic rings. The second-order valence-electron chi connectivity index (χ2n) is 8.90. The van der Waals surface area contributed by atoms with Crippen molar-refractivity contribution in [3.8, 4) is 0 Å². The van der Waals surface area contributed by atoms with Crippen LogP contribution in [0.25, 0.3) is 11.8 Å². The Morgan fingerprint density at radius 1 is 0.892 bits per heavy atom. The summed E-state index contributed by atoms with van der Waals surface area (Å²) >= 11 is 0. The molecule has 3 rings (SSSR count). The minimum absolute atomic E-state index is 0.140. The Morgan fingerprint density at radius 2 is 1.51 bits per heavy atom. The fourth-order valence-electron chi connectivity index (χ4n) is 3.75. The molecule has 7 heteroatoms. The predicted molar refractivity (Wildman–Crippen MR) is 149 cm³/mol. The lowest BCUT2D eigenvalue weighted by Gasteiger charge is -2.14. The zero-order chi connectivity index (χ0) is 26.7. The smallest absolute Gasteiger partial charge is 0.228 e. The molecule has 1 amide bonds. The molecular weight excluding hydrogens is 484 g/mol. The molecule has 1 atom stereocenters. The van der Waals surface area contributed by atoms with Gasteiger partial charge in [0.05, 0.1) is 24.0 Å². The minimum Gasteiger partial charge on any atom is -0.399 e. The summed E-state index contributed by atoms with van der Waals surface area (Å²) in [6.45, 7) is 3.54. The second kappa shape index (κ2) is 13.4. The molecule has 3 aromatic carbocycles. The number of hydrogen-bond acceptors (Lipinski definition) is 5. The van der Waals surface area contributed by atoms with E-state index in [4.69, 9.17) is 5.73 Å². The van der Waals surface area contributed by atoms with Gasteiger partial charge in [0.15, 0.2) is 15.6 Å². The molecule has 0 saturated heterocycles. The third kappa shape index (κ3) is 9.54. The van der Waals surface area contributed by atoms with Crippen LogP contribution in [0.3, 0.4) is 0 Å². The third-order valence-corrected chi connectivity index (χ3v) is 7.44. The molecule has 6 nitrogen and oxygen atoms in total. The van der Waals surface area contributed by atoms with E-state index in [1.54, 1.807) is 36.4 Å². The zero-order valence-corrected chi connectivity index (χ0v) is 21.5. The Kier molecular flexibility index (Phi) is 9.98. The van der Waals surface area contributed by atoms with Crippen LogP contribution in [0, 0.1) is 5.92 Å². The van der Waals surface area contributed by atoms with Gasteiger partial charge in [0.1, 0.15) is 0 Å². The molecule has 0 aromatic heterocycles. The van der Waals surface area contributed by atoms with Crippen LogP contribution in [0.4, 0.5) is 0 Å². The Hall–Kier alpha value is -3.97. The monoisotopic (exact) mass is 516 g/mol. The van der Waals surface area contributed by atoms with Crippen molar-refractivity contribution < 1.29 is 18.0 Å². The van der Waals surface area contributed by atoms with Crippen molar-refractivity contribution in [1.29, 1.82) is 0 Å². The van der Waals surface area contributed by atoms with Crippen LogP contribution < -0.4 is 11.1 Å². The van der Waals surface area contributed by atoms with Gasteiger partial charge < -0.3 is 11.1 Å². The first kappa shape index (κ1) is 27.6. The lowest BCUT2D eigenvalue weighted by molar-refractivity contribution is -0.126. The average Bonchev–Trinajstić information content (AvgIpc) is 2.89. The van der Waals surface area contributed by atoms with Crippen LogP contribution >= 0.6 is 0 Å². The van der Waals surface area contributed by atoms with Gasteiger partial charge in [0.2, 0.25) is 5.91 Å². The van der Waals surface area contributed by atoms with Gasteiger partial charge in [0, 0.05) is 12.1 Å². The van der Waals surface area contributed by atoms with E-state index in [2.05, 4.69) is 11.9 Å². The SMILES string of the molecule is C=C(N)c1ccc(CCC(=O)CNC(=O)[C@@H](/C=C/c2ccccc2)CS(=O)(=O)Cc2ccccc2)cc1. The van der Waals surface area contributed by atoms with Crippen LogP contribution in [0.15, 0.2) is 97.6 Å². The summed E-state index contributed by atoms with van der Waals surface area (Å²) in [5.74, 6) is -2.09. The highest BCUT2D eigenvalue weighted by Crippen LogP contribution is 2.14. The molecule has 0 aliphatic carbocycles. The van der Waals surface area contributed by atoms with E-state index in [9.17, 15) is 18.0 Å². The molecule has 3 aromatic rings. The summed E-state index contributed by atoms with van der Waals surface area (Å²) in [5.41, 5.74) is 9.47. The van der Waals surface area contributed by atoms with Crippen LogP contribution in [0.2, 0.25) is 0 Å².